The third-order valence-electron chi connectivity index (χ3n) is 2.70. The molecule has 0 bridgehead atoms. The Morgan fingerprint density at radius 1 is 1.33 bits per heavy atom. The Morgan fingerprint density at radius 2 is 2.13 bits per heavy atom. The van der Waals surface area contributed by atoms with Crippen LogP contribution in [0.1, 0.15) is 12.0 Å². The second kappa shape index (κ2) is 5.64. The number of rotatable bonds is 4. The molecule has 2 nitrogen and oxygen atoms in total. The van der Waals surface area contributed by atoms with Crippen molar-refractivity contribution in [2.45, 2.75) is 13.0 Å². The fourth-order valence-electron chi connectivity index (χ4n) is 1.78. The molecule has 0 aromatic heterocycles. The first-order chi connectivity index (χ1) is 7.34. The number of hydrogen-bond donors (Lipinski definition) is 1. The molecule has 1 N–H and O–H groups in total. The van der Waals surface area contributed by atoms with Gasteiger partial charge >= 0.3 is 0 Å². The normalized spacial score (nSPS) is 20.7. The molecular weight excluding hydrogens is 254 g/mol. The number of hydrogen-bond acceptors (Lipinski definition) is 2. The molecule has 1 aliphatic heterocycles. The molecule has 1 fully saturated rings. The highest BCUT2D eigenvalue weighted by Gasteiger charge is 2.13. The van der Waals surface area contributed by atoms with Crippen molar-refractivity contribution < 1.29 is 4.74 Å². The van der Waals surface area contributed by atoms with Crippen LogP contribution in [-0.4, -0.2) is 19.7 Å². The van der Waals surface area contributed by atoms with Crippen molar-refractivity contribution in [1.29, 1.82) is 0 Å². The zero-order valence-electron chi connectivity index (χ0n) is 8.71. The van der Waals surface area contributed by atoms with Gasteiger partial charge in [0.15, 0.2) is 0 Å². The highest BCUT2D eigenvalue weighted by Crippen LogP contribution is 2.12. The molecule has 1 atom stereocenters. The SMILES string of the molecule is Brc1ccc(COC[C@@H]2CCNC2)cc1. The van der Waals surface area contributed by atoms with Crippen molar-refractivity contribution in [2.24, 2.45) is 5.92 Å². The Bertz CT molecular complexity index is 293. The van der Waals surface area contributed by atoms with Crippen molar-refractivity contribution in [3.63, 3.8) is 0 Å². The van der Waals surface area contributed by atoms with Crippen LogP contribution in [0.3, 0.4) is 0 Å². The van der Waals surface area contributed by atoms with E-state index in [0.29, 0.717) is 5.92 Å². The summed E-state index contributed by atoms with van der Waals surface area (Å²) >= 11 is 3.42. The molecule has 3 heteroatoms. The van der Waals surface area contributed by atoms with Gasteiger partial charge in [0, 0.05) is 11.0 Å². The van der Waals surface area contributed by atoms with Crippen LogP contribution < -0.4 is 5.32 Å². The molecule has 1 aliphatic rings. The Kier molecular flexibility index (Phi) is 4.18. The lowest BCUT2D eigenvalue weighted by Crippen LogP contribution is -2.13. The van der Waals surface area contributed by atoms with Gasteiger partial charge in [-0.3, -0.25) is 0 Å². The lowest BCUT2D eigenvalue weighted by Gasteiger charge is -2.09. The van der Waals surface area contributed by atoms with Gasteiger partial charge in [-0.2, -0.15) is 0 Å². The summed E-state index contributed by atoms with van der Waals surface area (Å²) < 4.78 is 6.81. The monoisotopic (exact) mass is 269 g/mol. The topological polar surface area (TPSA) is 21.3 Å². The van der Waals surface area contributed by atoms with Crippen LogP contribution in [-0.2, 0) is 11.3 Å². The van der Waals surface area contributed by atoms with Crippen LogP contribution in [0.4, 0.5) is 0 Å². The predicted molar refractivity (Wildman–Crippen MR) is 64.8 cm³/mol. The summed E-state index contributed by atoms with van der Waals surface area (Å²) in [5, 5.41) is 3.34. The van der Waals surface area contributed by atoms with E-state index in [-0.39, 0.29) is 0 Å². The van der Waals surface area contributed by atoms with Gasteiger partial charge in [0.1, 0.15) is 0 Å². The molecule has 0 saturated carbocycles. The molecule has 0 radical (unpaired) electrons. The summed E-state index contributed by atoms with van der Waals surface area (Å²) in [6.07, 6.45) is 1.25. The number of nitrogens with one attached hydrogen (secondary N) is 1. The van der Waals surface area contributed by atoms with E-state index in [2.05, 4.69) is 45.5 Å². The minimum absolute atomic E-state index is 0.709. The summed E-state index contributed by atoms with van der Waals surface area (Å²) in [5.74, 6) is 0.709. The average Bonchev–Trinajstić information content (AvgIpc) is 2.74. The molecule has 0 spiro atoms. The zero-order valence-corrected chi connectivity index (χ0v) is 10.3. The smallest absolute Gasteiger partial charge is 0.0717 e. The van der Waals surface area contributed by atoms with E-state index < -0.39 is 0 Å². The highest BCUT2D eigenvalue weighted by atomic mass is 79.9. The summed E-state index contributed by atoms with van der Waals surface area (Å²) in [7, 11) is 0. The molecule has 1 aromatic rings. The van der Waals surface area contributed by atoms with E-state index >= 15 is 0 Å². The van der Waals surface area contributed by atoms with Crippen LogP contribution in [0.15, 0.2) is 28.7 Å². The Hall–Kier alpha value is -0.380. The van der Waals surface area contributed by atoms with Gasteiger partial charge in [0.25, 0.3) is 0 Å². The van der Waals surface area contributed by atoms with Gasteiger partial charge in [0.2, 0.25) is 0 Å². The lowest BCUT2D eigenvalue weighted by atomic mass is 10.1. The van der Waals surface area contributed by atoms with Gasteiger partial charge in [-0.15, -0.1) is 0 Å². The minimum Gasteiger partial charge on any atom is -0.376 e. The molecule has 1 heterocycles. The van der Waals surface area contributed by atoms with Gasteiger partial charge in [0.05, 0.1) is 13.2 Å². The summed E-state index contributed by atoms with van der Waals surface area (Å²) in [4.78, 5) is 0. The highest BCUT2D eigenvalue weighted by molar-refractivity contribution is 9.10. The maximum Gasteiger partial charge on any atom is 0.0717 e. The van der Waals surface area contributed by atoms with Crippen LogP contribution in [0.25, 0.3) is 0 Å². The summed E-state index contributed by atoms with van der Waals surface area (Å²) in [5.41, 5.74) is 1.24. The van der Waals surface area contributed by atoms with Crippen molar-refractivity contribution in [3.8, 4) is 0 Å². The quantitative estimate of drug-likeness (QED) is 0.908. The maximum atomic E-state index is 5.69. The van der Waals surface area contributed by atoms with Crippen LogP contribution in [0, 0.1) is 5.92 Å². The molecular formula is C12H16BrNO. The van der Waals surface area contributed by atoms with E-state index in [1.807, 2.05) is 0 Å². The van der Waals surface area contributed by atoms with E-state index in [0.717, 1.165) is 30.8 Å². The Balaban J connectivity index is 1.71. The van der Waals surface area contributed by atoms with Gasteiger partial charge in [-0.25, -0.2) is 0 Å². The first-order valence-corrected chi connectivity index (χ1v) is 6.17. The molecule has 15 heavy (non-hydrogen) atoms. The predicted octanol–water partition coefficient (Wildman–Crippen LogP) is 2.58. The second-order valence-electron chi connectivity index (χ2n) is 4.00. The Morgan fingerprint density at radius 3 is 2.80 bits per heavy atom. The van der Waals surface area contributed by atoms with Crippen molar-refractivity contribution >= 4 is 15.9 Å². The van der Waals surface area contributed by atoms with E-state index in [1.54, 1.807) is 0 Å². The molecule has 2 rings (SSSR count). The fraction of sp³-hybridized carbons (Fsp3) is 0.500. The van der Waals surface area contributed by atoms with Gasteiger partial charge in [-0.05, 0) is 36.6 Å². The molecule has 0 aliphatic carbocycles. The number of ether oxygens (including phenoxy) is 1. The third kappa shape index (κ3) is 3.59. The van der Waals surface area contributed by atoms with E-state index in [4.69, 9.17) is 4.74 Å². The Labute approximate surface area is 99.1 Å². The zero-order chi connectivity index (χ0) is 10.5. The first kappa shape index (κ1) is 11.1. The van der Waals surface area contributed by atoms with E-state index in [1.165, 1.54) is 12.0 Å². The third-order valence-corrected chi connectivity index (χ3v) is 3.23. The second-order valence-corrected chi connectivity index (χ2v) is 4.92. The average molecular weight is 270 g/mol. The van der Waals surface area contributed by atoms with Crippen LogP contribution in [0.5, 0.6) is 0 Å². The standard InChI is InChI=1S/C12H16BrNO/c13-12-3-1-10(2-4-12)8-15-9-11-5-6-14-7-11/h1-4,11,14H,5-9H2/t11-/m1/s1. The van der Waals surface area contributed by atoms with Crippen molar-refractivity contribution in [3.05, 3.63) is 34.3 Å². The van der Waals surface area contributed by atoms with Crippen LogP contribution in [0.2, 0.25) is 0 Å². The van der Waals surface area contributed by atoms with Crippen molar-refractivity contribution in [1.82, 2.24) is 5.32 Å². The molecule has 1 aromatic carbocycles. The van der Waals surface area contributed by atoms with Crippen LogP contribution >= 0.6 is 15.9 Å². The van der Waals surface area contributed by atoms with Gasteiger partial charge < -0.3 is 10.1 Å². The number of benzene rings is 1. The number of halogens is 1. The largest absolute Gasteiger partial charge is 0.376 e. The summed E-state index contributed by atoms with van der Waals surface area (Å²) in [6, 6.07) is 8.29. The van der Waals surface area contributed by atoms with Crippen molar-refractivity contribution in [2.75, 3.05) is 19.7 Å². The summed E-state index contributed by atoms with van der Waals surface area (Å²) in [6.45, 7) is 3.86. The lowest BCUT2D eigenvalue weighted by molar-refractivity contribution is 0.0925. The molecule has 82 valence electrons. The molecule has 0 amide bonds. The maximum absolute atomic E-state index is 5.69. The molecule has 1 saturated heterocycles. The van der Waals surface area contributed by atoms with E-state index in [9.17, 15) is 0 Å². The van der Waals surface area contributed by atoms with Gasteiger partial charge in [-0.1, -0.05) is 28.1 Å². The molecule has 0 unspecified atom stereocenters. The minimum atomic E-state index is 0.709. The first-order valence-electron chi connectivity index (χ1n) is 5.37. The fourth-order valence-corrected chi connectivity index (χ4v) is 2.05.